The Morgan fingerprint density at radius 3 is 1.15 bits per heavy atom. The molecular weight excluding hydrogens is 1260 g/mol. The van der Waals surface area contributed by atoms with Crippen molar-refractivity contribution in [2.75, 3.05) is 119 Å². The normalized spacial score (nSPS) is 16.4. The lowest BCUT2D eigenvalue weighted by molar-refractivity contribution is 0.0268. The molecule has 0 saturated carbocycles. The molecule has 5 aliphatic rings. The highest BCUT2D eigenvalue weighted by atomic mass is 32.3. The molecule has 0 atom stereocenters. The van der Waals surface area contributed by atoms with Crippen LogP contribution in [0.5, 0.6) is 0 Å². The minimum Gasteiger partial charge on any atom is -0.726 e. The molecular formula is C37H71FN20O22S5-4. The molecule has 0 saturated heterocycles. The van der Waals surface area contributed by atoms with E-state index in [1.807, 2.05) is 9.80 Å². The van der Waals surface area contributed by atoms with E-state index < -0.39 is 65.3 Å². The standard InChI is InChI=1S/C18H34N10O13S3.C17H33FN10O9S2.2CH4/c29-42(30,31)39-6-2-1-5-38-15-28-14-18(21-24-28)11-25(9-16-12-26(22-19-16)3-7-40-43(32,33)34)10-17-13-27(23-20-17)4-8-41-44(35,36)37;18-2-1-5-35-14-28-13-17(21-24-28)10-25(8-15-11-26(22-19-15)3-6-36-38(29,30)31)9-16-12-27(23-20-16)4-7-37-39(32,33)34;;/h12-14,19,21-22,24H,1-11,15H2,(H,29,30,31)(H,32,33,34)(H,35,36,37);11-13,19-24H,1-10,14H2,(H,29,30,31)(H,32,33,34);2*1H4/p-4. The summed E-state index contributed by atoms with van der Waals surface area (Å²) in [4.78, 5) is 3.95. The lowest BCUT2D eigenvalue weighted by Gasteiger charge is -2.23. The number of halogens is 1. The van der Waals surface area contributed by atoms with Crippen molar-refractivity contribution in [2.24, 2.45) is 0 Å². The van der Waals surface area contributed by atoms with E-state index in [1.165, 1.54) is 19.7 Å². The van der Waals surface area contributed by atoms with Crippen molar-refractivity contribution in [2.45, 2.75) is 47.2 Å². The number of nitrogens with one attached hydrogen (secondary N) is 10. The molecule has 1 aromatic heterocycles. The number of hydrogen-bond donors (Lipinski definition) is 11. The van der Waals surface area contributed by atoms with Crippen molar-refractivity contribution in [3.05, 3.63) is 71.4 Å². The maximum absolute atomic E-state index is 12.2. The van der Waals surface area contributed by atoms with Crippen LogP contribution in [-0.4, -0.2) is 233 Å². The molecule has 6 rings (SSSR count). The Bertz CT molecular complexity index is 2880. The minimum atomic E-state index is -4.83. The Hall–Kier alpha value is -5.24. The predicted octanol–water partition coefficient (Wildman–Crippen LogP) is -6.71. The maximum Gasteiger partial charge on any atom is 0.397 e. The lowest BCUT2D eigenvalue weighted by Crippen LogP contribution is -2.43. The van der Waals surface area contributed by atoms with Crippen molar-refractivity contribution >= 4 is 52.0 Å². The van der Waals surface area contributed by atoms with E-state index in [0.29, 0.717) is 70.0 Å². The van der Waals surface area contributed by atoms with Crippen molar-refractivity contribution in [1.82, 2.24) is 105 Å². The average molecular weight is 1330 g/mol. The van der Waals surface area contributed by atoms with E-state index in [-0.39, 0.29) is 94.1 Å². The lowest BCUT2D eigenvalue weighted by atomic mass is 10.3. The second-order valence-electron chi connectivity index (χ2n) is 17.2. The SMILES string of the molecule is C.C.O=S(=O)([O-])OCCN1C=C(CN(CC2=CN(CCOS(=O)(=O)[O-])NN2)CC2=CN(COCCCF)NN2)NN1.O=S(=O)([O-])OCCN1C=C(CN(CC2=CN(COCCCCOS(=O)(=O)O)NN2)Cc2cn(CCOS(=O)(=O)[O-])nn2)NN1. The van der Waals surface area contributed by atoms with Crippen LogP contribution in [0.3, 0.4) is 0 Å². The van der Waals surface area contributed by atoms with Gasteiger partial charge in [-0.25, -0.2) is 42.5 Å². The monoisotopic (exact) mass is 1330 g/mol. The fourth-order valence-electron chi connectivity index (χ4n) is 7.07. The van der Waals surface area contributed by atoms with Gasteiger partial charge >= 0.3 is 10.4 Å². The van der Waals surface area contributed by atoms with Gasteiger partial charge < -0.3 is 54.8 Å². The third-order valence-corrected chi connectivity index (χ3v) is 12.6. The van der Waals surface area contributed by atoms with Crippen LogP contribution in [0.25, 0.3) is 0 Å². The summed E-state index contributed by atoms with van der Waals surface area (Å²) in [6.45, 7) is 1.16. The molecule has 0 aliphatic carbocycles. The van der Waals surface area contributed by atoms with Crippen LogP contribution in [0.15, 0.2) is 65.7 Å². The van der Waals surface area contributed by atoms with Gasteiger partial charge in [0.05, 0.1) is 107 Å². The molecule has 85 heavy (non-hydrogen) atoms. The number of alkyl halides is 1. The summed E-state index contributed by atoms with van der Waals surface area (Å²) >= 11 is 0. The van der Waals surface area contributed by atoms with Crippen LogP contribution in [0, 0.1) is 0 Å². The first-order valence-electron chi connectivity index (χ1n) is 24.2. The third kappa shape index (κ3) is 33.5. The van der Waals surface area contributed by atoms with Gasteiger partial charge in [-0.2, -0.15) is 8.42 Å². The first-order chi connectivity index (χ1) is 39.1. The summed E-state index contributed by atoms with van der Waals surface area (Å²) in [5.41, 5.74) is 33.3. The highest BCUT2D eigenvalue weighted by Crippen LogP contribution is 2.14. The molecule has 48 heteroatoms. The highest BCUT2D eigenvalue weighted by molar-refractivity contribution is 7.81. The van der Waals surface area contributed by atoms with E-state index in [0.717, 1.165) is 22.8 Å². The van der Waals surface area contributed by atoms with Crippen LogP contribution >= 0.6 is 0 Å². The number of ether oxygens (including phenoxy) is 2. The van der Waals surface area contributed by atoms with Crippen molar-refractivity contribution in [3.8, 4) is 0 Å². The van der Waals surface area contributed by atoms with Crippen LogP contribution in [0.1, 0.15) is 39.8 Å². The molecule has 0 unspecified atom stereocenters. The first-order valence-corrected chi connectivity index (χ1v) is 30.9. The summed E-state index contributed by atoms with van der Waals surface area (Å²) in [5, 5.41) is 15.8. The molecule has 11 N–H and O–H groups in total. The Morgan fingerprint density at radius 2 is 0.788 bits per heavy atom. The first kappa shape index (κ1) is 74.0. The number of hydrazine groups is 10. The van der Waals surface area contributed by atoms with Crippen LogP contribution in [0.2, 0.25) is 0 Å². The van der Waals surface area contributed by atoms with E-state index >= 15 is 0 Å². The van der Waals surface area contributed by atoms with Gasteiger partial charge in [-0.05, 0) is 19.3 Å². The largest absolute Gasteiger partial charge is 0.726 e. The fourth-order valence-corrected chi connectivity index (χ4v) is 8.51. The number of hydrogen-bond acceptors (Lipinski definition) is 40. The molecule has 0 amide bonds. The van der Waals surface area contributed by atoms with Gasteiger partial charge in [-0.1, -0.05) is 20.1 Å². The molecule has 6 heterocycles. The summed E-state index contributed by atoms with van der Waals surface area (Å²) in [6.07, 6.45) is 11.3. The zero-order chi connectivity index (χ0) is 60.5. The second kappa shape index (κ2) is 36.2. The summed E-state index contributed by atoms with van der Waals surface area (Å²) in [7, 11) is -23.7. The van der Waals surface area contributed by atoms with Gasteiger partial charge in [-0.3, -0.25) is 60.5 Å². The molecule has 0 fully saturated rings. The quantitative estimate of drug-likeness (QED) is 0.0165. The highest BCUT2D eigenvalue weighted by Gasteiger charge is 2.23. The second-order valence-corrected chi connectivity index (χ2v) is 22.5. The molecule has 0 spiro atoms. The van der Waals surface area contributed by atoms with Crippen LogP contribution in [-0.2, 0) is 95.5 Å². The zero-order valence-electron chi connectivity index (χ0n) is 43.6. The summed E-state index contributed by atoms with van der Waals surface area (Å²) in [6, 6.07) is 0. The van der Waals surface area contributed by atoms with Gasteiger partial charge in [0.1, 0.15) is 13.5 Å². The van der Waals surface area contributed by atoms with Gasteiger partial charge in [0, 0.05) is 83.1 Å². The van der Waals surface area contributed by atoms with Gasteiger partial charge in [-0.15, -0.1) is 32.8 Å². The number of nitrogens with zero attached hydrogens (tertiary/aromatic N) is 10. The molecule has 42 nitrogen and oxygen atoms in total. The Morgan fingerprint density at radius 1 is 0.459 bits per heavy atom. The van der Waals surface area contributed by atoms with E-state index in [1.54, 1.807) is 47.2 Å². The van der Waals surface area contributed by atoms with Crippen LogP contribution in [0.4, 0.5) is 4.39 Å². The van der Waals surface area contributed by atoms with Crippen LogP contribution < -0.4 is 54.8 Å². The minimum absolute atomic E-state index is 0. The Labute approximate surface area is 491 Å². The van der Waals surface area contributed by atoms with Gasteiger partial charge in [0.2, 0.25) is 41.6 Å². The molecule has 0 bridgehead atoms. The molecule has 1 aromatic rings. The molecule has 0 aromatic carbocycles. The number of rotatable bonds is 41. The molecule has 492 valence electrons. The Kier molecular flexibility index (Phi) is 31.5. The third-order valence-electron chi connectivity index (χ3n) is 10.3. The molecule has 5 aliphatic heterocycles. The van der Waals surface area contributed by atoms with Crippen molar-refractivity contribution in [1.29, 1.82) is 0 Å². The van der Waals surface area contributed by atoms with Gasteiger partial charge in [0.15, 0.2) is 0 Å². The van der Waals surface area contributed by atoms with Crippen molar-refractivity contribution in [3.63, 3.8) is 0 Å². The van der Waals surface area contributed by atoms with Crippen molar-refractivity contribution < 1.29 is 99.6 Å². The predicted molar refractivity (Wildman–Crippen MR) is 282 cm³/mol. The van der Waals surface area contributed by atoms with Gasteiger partial charge in [0.25, 0.3) is 0 Å². The van der Waals surface area contributed by atoms with E-state index in [4.69, 9.17) is 14.0 Å². The topological polar surface area (TPSA) is 521 Å². The summed E-state index contributed by atoms with van der Waals surface area (Å²) in [5.74, 6) is 0. The van der Waals surface area contributed by atoms with E-state index in [2.05, 4.69) is 86.0 Å². The number of aromatic nitrogens is 3. The van der Waals surface area contributed by atoms with E-state index in [9.17, 15) is 64.7 Å². The fraction of sp³-hybridized carbons (Fsp3) is 0.676. The Balaban J connectivity index is 0.000000438. The smallest absolute Gasteiger partial charge is 0.397 e. The maximum atomic E-state index is 12.2. The summed E-state index contributed by atoms with van der Waals surface area (Å²) < 4.78 is 203. The zero-order valence-corrected chi connectivity index (χ0v) is 47.7. The average Bonchev–Trinajstić information content (AvgIpc) is 3.99. The number of unbranched alkanes of at least 4 members (excludes halogenated alkanes) is 1. The molecule has 0 radical (unpaired) electrons.